The van der Waals surface area contributed by atoms with Gasteiger partial charge in [0, 0.05) is 19.0 Å². The molecule has 134 valence electrons. The molecule has 0 aliphatic carbocycles. The highest BCUT2D eigenvalue weighted by Crippen LogP contribution is 2.27. The van der Waals surface area contributed by atoms with Crippen LogP contribution in [0.25, 0.3) is 0 Å². The first kappa shape index (κ1) is 26.7. The number of esters is 1. The van der Waals surface area contributed by atoms with Crippen LogP contribution in [0.2, 0.25) is 0 Å². The Balaban J connectivity index is -0.000000574. The van der Waals surface area contributed by atoms with Crippen LogP contribution in [-0.2, 0) is 9.53 Å². The van der Waals surface area contributed by atoms with Gasteiger partial charge in [0.25, 0.3) is 5.24 Å². The van der Waals surface area contributed by atoms with E-state index in [1.807, 2.05) is 27.7 Å². The van der Waals surface area contributed by atoms with E-state index in [1.165, 1.54) is 18.1 Å². The van der Waals surface area contributed by atoms with Crippen LogP contribution in [0.5, 0.6) is 0 Å². The van der Waals surface area contributed by atoms with Crippen molar-refractivity contribution in [2.45, 2.75) is 39.9 Å². The lowest BCUT2D eigenvalue weighted by atomic mass is 10.2. The first-order chi connectivity index (χ1) is 10.7. The lowest BCUT2D eigenvalue weighted by Gasteiger charge is -2.12. The fourth-order valence-corrected chi connectivity index (χ4v) is 1.79. The minimum atomic E-state index is -0.473. The van der Waals surface area contributed by atoms with Crippen molar-refractivity contribution in [2.75, 3.05) is 21.2 Å². The van der Waals surface area contributed by atoms with Gasteiger partial charge in [0.2, 0.25) is 0 Å². The molecule has 0 aromatic rings. The molecule has 0 atom stereocenters. The summed E-state index contributed by atoms with van der Waals surface area (Å²) in [6, 6.07) is 0. The number of ether oxygens (including phenoxy) is 1. The van der Waals surface area contributed by atoms with E-state index in [0.29, 0.717) is 15.7 Å². The number of allylic oxidation sites excluding steroid dienone is 3. The predicted octanol–water partition coefficient (Wildman–Crippen LogP) is 4.94. The summed E-state index contributed by atoms with van der Waals surface area (Å²) in [5.41, 5.74) is 0.354. The molecule has 0 aromatic heterocycles. The van der Waals surface area contributed by atoms with Crippen molar-refractivity contribution in [3.63, 3.8) is 0 Å². The largest absolute Gasteiger partial charge is 0.465 e. The Kier molecular flexibility index (Phi) is 20.0. The molecule has 0 aliphatic heterocycles. The Hall–Kier alpha value is -1.14. The van der Waals surface area contributed by atoms with Gasteiger partial charge in [-0.25, -0.2) is 4.79 Å². The Morgan fingerprint density at radius 2 is 1.70 bits per heavy atom. The third-order valence-corrected chi connectivity index (χ3v) is 2.91. The lowest BCUT2D eigenvalue weighted by Crippen LogP contribution is -2.17. The Bertz CT molecular complexity index is 411. The fourth-order valence-electron chi connectivity index (χ4n) is 0.942. The highest BCUT2D eigenvalue weighted by atomic mass is 32.2. The average Bonchev–Trinajstić information content (AvgIpc) is 2.49. The van der Waals surface area contributed by atoms with E-state index in [0.717, 1.165) is 11.8 Å². The van der Waals surface area contributed by atoms with Crippen molar-refractivity contribution in [3.8, 4) is 0 Å². The Morgan fingerprint density at radius 3 is 1.96 bits per heavy atom. The zero-order valence-electron chi connectivity index (χ0n) is 15.5. The van der Waals surface area contributed by atoms with Gasteiger partial charge in [0.15, 0.2) is 0 Å². The van der Waals surface area contributed by atoms with Crippen LogP contribution in [0, 0.1) is 0 Å². The molecular weight excluding hydrogens is 330 g/mol. The van der Waals surface area contributed by atoms with Gasteiger partial charge in [-0.15, -0.1) is 0 Å². The number of thioether (sulfide) groups is 1. The lowest BCUT2D eigenvalue weighted by molar-refractivity contribution is -0.135. The molecule has 0 saturated carbocycles. The highest BCUT2D eigenvalue weighted by Gasteiger charge is 2.18. The second-order valence-electron chi connectivity index (χ2n) is 4.32. The smallest absolute Gasteiger partial charge is 0.338 e. The maximum Gasteiger partial charge on any atom is 0.338 e. The van der Waals surface area contributed by atoms with Crippen LogP contribution >= 0.6 is 24.4 Å². The first-order valence-electron chi connectivity index (χ1n) is 7.36. The van der Waals surface area contributed by atoms with Gasteiger partial charge in [-0.2, -0.15) is 12.6 Å². The normalized spacial score (nSPS) is 10.7. The van der Waals surface area contributed by atoms with Crippen molar-refractivity contribution in [2.24, 2.45) is 0 Å². The van der Waals surface area contributed by atoms with Crippen molar-refractivity contribution in [3.05, 3.63) is 35.3 Å². The predicted molar refractivity (Wildman–Crippen MR) is 106 cm³/mol. The molecule has 0 aromatic carbocycles. The van der Waals surface area contributed by atoms with Crippen LogP contribution in [0.4, 0.5) is 4.79 Å². The number of hydrogen-bond acceptors (Lipinski definition) is 5. The van der Waals surface area contributed by atoms with E-state index in [1.54, 1.807) is 33.2 Å². The molecule has 0 heterocycles. The molecule has 4 nitrogen and oxygen atoms in total. The SMILES string of the molecule is C=C/C=C(SC(=O)N(C)C)\C(=C/C)C(=O)OC.CC.CC(C)S. The van der Waals surface area contributed by atoms with Gasteiger partial charge in [0.1, 0.15) is 0 Å². The van der Waals surface area contributed by atoms with E-state index in [2.05, 4.69) is 23.9 Å². The standard InChI is InChI=1S/C12H17NO3S.C3H8S.C2H6/c1-6-8-10(17-12(15)13(3)4)9(7-2)11(14)16-5;1-3(2)4;1-2/h6-8H,1H2,2-5H3;3-4H,1-2H3;1-2H3/b9-7+,10-8+;;. The van der Waals surface area contributed by atoms with Crippen LogP contribution < -0.4 is 0 Å². The third kappa shape index (κ3) is 15.5. The van der Waals surface area contributed by atoms with E-state index < -0.39 is 5.97 Å². The summed E-state index contributed by atoms with van der Waals surface area (Å²) in [6.45, 7) is 13.3. The molecule has 0 N–H and O–H groups in total. The molecule has 0 bridgehead atoms. The summed E-state index contributed by atoms with van der Waals surface area (Å²) in [7, 11) is 4.60. The molecule has 0 radical (unpaired) electrons. The maximum atomic E-state index is 11.6. The maximum absolute atomic E-state index is 11.6. The zero-order chi connectivity index (χ0) is 19.0. The van der Waals surface area contributed by atoms with Gasteiger partial charge in [-0.05, 0) is 30.0 Å². The number of amides is 1. The van der Waals surface area contributed by atoms with Gasteiger partial charge in [0.05, 0.1) is 12.7 Å². The molecule has 0 fully saturated rings. The molecule has 0 unspecified atom stereocenters. The van der Waals surface area contributed by atoms with E-state index in [4.69, 9.17) is 0 Å². The van der Waals surface area contributed by atoms with Crippen molar-refractivity contribution in [1.29, 1.82) is 0 Å². The van der Waals surface area contributed by atoms with Crippen LogP contribution in [0.1, 0.15) is 34.6 Å². The highest BCUT2D eigenvalue weighted by molar-refractivity contribution is 8.17. The first-order valence-corrected chi connectivity index (χ1v) is 8.69. The molecule has 23 heavy (non-hydrogen) atoms. The van der Waals surface area contributed by atoms with Crippen LogP contribution in [0.3, 0.4) is 0 Å². The molecule has 0 saturated heterocycles. The Labute approximate surface area is 151 Å². The minimum absolute atomic E-state index is 0.165. The Morgan fingerprint density at radius 1 is 1.26 bits per heavy atom. The molecule has 1 amide bonds. The van der Waals surface area contributed by atoms with Gasteiger partial charge in [-0.3, -0.25) is 4.79 Å². The van der Waals surface area contributed by atoms with Gasteiger partial charge < -0.3 is 9.64 Å². The van der Waals surface area contributed by atoms with Gasteiger partial charge >= 0.3 is 5.97 Å². The quantitative estimate of drug-likeness (QED) is 0.333. The summed E-state index contributed by atoms with van der Waals surface area (Å²) < 4.78 is 4.65. The number of carbonyl (C=O) groups is 2. The summed E-state index contributed by atoms with van der Waals surface area (Å²) >= 11 is 4.93. The second-order valence-corrected chi connectivity index (χ2v) is 6.34. The van der Waals surface area contributed by atoms with Crippen molar-refractivity contribution in [1.82, 2.24) is 4.90 Å². The molecule has 0 aliphatic rings. The number of methoxy groups -OCH3 is 1. The average molecular weight is 362 g/mol. The molecular formula is C17H31NO3S2. The number of carbonyl (C=O) groups excluding carboxylic acids is 2. The third-order valence-electron chi connectivity index (χ3n) is 1.79. The topological polar surface area (TPSA) is 46.6 Å². The van der Waals surface area contributed by atoms with Crippen molar-refractivity contribution < 1.29 is 14.3 Å². The number of thiol groups is 1. The van der Waals surface area contributed by atoms with E-state index >= 15 is 0 Å². The molecule has 6 heteroatoms. The summed E-state index contributed by atoms with van der Waals surface area (Å²) in [6.07, 6.45) is 4.74. The molecule has 0 spiro atoms. The number of hydrogen-bond donors (Lipinski definition) is 1. The van der Waals surface area contributed by atoms with Gasteiger partial charge in [-0.1, -0.05) is 46.4 Å². The zero-order valence-corrected chi connectivity index (χ0v) is 17.3. The van der Waals surface area contributed by atoms with Crippen LogP contribution in [-0.4, -0.2) is 42.6 Å². The van der Waals surface area contributed by atoms with Crippen molar-refractivity contribution >= 4 is 35.6 Å². The second kappa shape index (κ2) is 17.2. The summed E-state index contributed by atoms with van der Waals surface area (Å²) in [5, 5.41) is 0.362. The summed E-state index contributed by atoms with van der Waals surface area (Å²) in [4.78, 5) is 25.1. The molecule has 0 rings (SSSR count). The number of nitrogens with zero attached hydrogens (tertiary/aromatic N) is 1. The van der Waals surface area contributed by atoms with E-state index in [9.17, 15) is 9.59 Å². The summed E-state index contributed by atoms with van der Waals surface area (Å²) in [5.74, 6) is -0.473. The van der Waals surface area contributed by atoms with Crippen LogP contribution in [0.15, 0.2) is 35.3 Å². The monoisotopic (exact) mass is 361 g/mol. The minimum Gasteiger partial charge on any atom is -0.465 e. The fraction of sp³-hybridized carbons (Fsp3) is 0.529. The van der Waals surface area contributed by atoms with E-state index in [-0.39, 0.29) is 5.24 Å². The number of rotatable bonds is 4.